The average Bonchev–Trinajstić information content (AvgIpc) is 2.50. The minimum atomic E-state index is -0.227. The first-order valence-corrected chi connectivity index (χ1v) is 8.36. The summed E-state index contributed by atoms with van der Waals surface area (Å²) in [5.74, 6) is -0.0128. The molecule has 3 rings (SSSR count). The zero-order chi connectivity index (χ0) is 15.7. The molecule has 0 saturated carbocycles. The van der Waals surface area contributed by atoms with Crippen LogP contribution in [0.25, 0.3) is 6.08 Å². The van der Waals surface area contributed by atoms with E-state index in [1.165, 1.54) is 22.9 Å². The van der Waals surface area contributed by atoms with Gasteiger partial charge in [-0.25, -0.2) is 0 Å². The van der Waals surface area contributed by atoms with Gasteiger partial charge in [0.1, 0.15) is 5.25 Å². The minimum absolute atomic E-state index is 0.0128. The van der Waals surface area contributed by atoms with E-state index in [-0.39, 0.29) is 11.2 Å². The van der Waals surface area contributed by atoms with Crippen molar-refractivity contribution in [3.8, 4) is 0 Å². The van der Waals surface area contributed by atoms with Crippen molar-refractivity contribution in [2.75, 3.05) is 5.32 Å². The van der Waals surface area contributed by atoms with Crippen LogP contribution in [0.1, 0.15) is 27.5 Å². The molecule has 1 unspecified atom stereocenters. The Kier molecular flexibility index (Phi) is 4.27. The molecule has 1 aliphatic rings. The van der Waals surface area contributed by atoms with E-state index in [4.69, 9.17) is 11.6 Å². The molecule has 0 radical (unpaired) electrons. The SMILES string of the molecule is Cc1cc2c(cc1C)C(C(=O)Nc1ccc(Cl)cc1)SC=C2. The normalized spacial score (nSPS) is 16.2. The van der Waals surface area contributed by atoms with Crippen LogP contribution in [0.15, 0.2) is 41.8 Å². The summed E-state index contributed by atoms with van der Waals surface area (Å²) in [6, 6.07) is 11.4. The standard InChI is InChI=1S/C18H16ClNOS/c1-11-9-13-7-8-22-17(16(13)10-12(11)2)18(21)20-15-5-3-14(19)4-6-15/h3-10,17H,1-2H3,(H,20,21). The average molecular weight is 330 g/mol. The lowest BCUT2D eigenvalue weighted by molar-refractivity contribution is -0.115. The van der Waals surface area contributed by atoms with Gasteiger partial charge in [0.05, 0.1) is 0 Å². The maximum atomic E-state index is 12.6. The molecule has 1 heterocycles. The smallest absolute Gasteiger partial charge is 0.242 e. The number of halogens is 1. The molecule has 0 saturated heterocycles. The van der Waals surface area contributed by atoms with E-state index >= 15 is 0 Å². The lowest BCUT2D eigenvalue weighted by Crippen LogP contribution is -2.20. The first-order valence-electron chi connectivity index (χ1n) is 7.04. The molecular formula is C18H16ClNOS. The molecule has 1 aliphatic heterocycles. The molecule has 1 N–H and O–H groups in total. The van der Waals surface area contributed by atoms with Crippen LogP contribution < -0.4 is 5.32 Å². The molecule has 1 atom stereocenters. The predicted molar refractivity (Wildman–Crippen MR) is 95.4 cm³/mol. The Labute approximate surface area is 139 Å². The monoisotopic (exact) mass is 329 g/mol. The molecule has 2 aromatic carbocycles. The second-order valence-electron chi connectivity index (χ2n) is 5.38. The third-order valence-corrected chi connectivity index (χ3v) is 5.08. The first kappa shape index (κ1) is 15.2. The molecule has 112 valence electrons. The minimum Gasteiger partial charge on any atom is -0.325 e. The Morgan fingerprint density at radius 3 is 2.55 bits per heavy atom. The maximum Gasteiger partial charge on any atom is 0.242 e. The quantitative estimate of drug-likeness (QED) is 0.804. The number of fused-ring (bicyclic) bond motifs is 1. The molecule has 0 bridgehead atoms. The second-order valence-corrected chi connectivity index (χ2v) is 6.83. The first-order chi connectivity index (χ1) is 10.5. The van der Waals surface area contributed by atoms with Gasteiger partial charge in [-0.05, 0) is 71.9 Å². The van der Waals surface area contributed by atoms with Crippen molar-refractivity contribution < 1.29 is 4.79 Å². The highest BCUT2D eigenvalue weighted by molar-refractivity contribution is 8.03. The molecule has 1 amide bonds. The number of carbonyl (C=O) groups excluding carboxylic acids is 1. The molecule has 0 aliphatic carbocycles. The fraction of sp³-hybridized carbons (Fsp3) is 0.167. The Bertz CT molecular complexity index is 752. The van der Waals surface area contributed by atoms with Gasteiger partial charge in [0.25, 0.3) is 0 Å². The van der Waals surface area contributed by atoms with Crippen molar-refractivity contribution in [1.82, 2.24) is 0 Å². The zero-order valence-corrected chi connectivity index (χ0v) is 14.0. The third kappa shape index (κ3) is 3.06. The van der Waals surface area contributed by atoms with Gasteiger partial charge in [-0.2, -0.15) is 0 Å². The fourth-order valence-corrected chi connectivity index (χ4v) is 3.48. The van der Waals surface area contributed by atoms with Gasteiger partial charge in [-0.1, -0.05) is 23.7 Å². The van der Waals surface area contributed by atoms with Gasteiger partial charge in [0, 0.05) is 10.7 Å². The van der Waals surface area contributed by atoms with Crippen molar-refractivity contribution >= 4 is 41.0 Å². The molecule has 2 nitrogen and oxygen atoms in total. The Balaban J connectivity index is 1.87. The second kappa shape index (κ2) is 6.19. The summed E-state index contributed by atoms with van der Waals surface area (Å²) in [6.07, 6.45) is 2.07. The number of anilines is 1. The van der Waals surface area contributed by atoms with Crippen LogP contribution in [0.4, 0.5) is 5.69 Å². The van der Waals surface area contributed by atoms with Crippen LogP contribution in [0.5, 0.6) is 0 Å². The molecule has 0 fully saturated rings. The number of hydrogen-bond acceptors (Lipinski definition) is 2. The number of thioether (sulfide) groups is 1. The number of rotatable bonds is 2. The van der Waals surface area contributed by atoms with Gasteiger partial charge in [0.2, 0.25) is 5.91 Å². The van der Waals surface area contributed by atoms with Crippen LogP contribution >= 0.6 is 23.4 Å². The lowest BCUT2D eigenvalue weighted by atomic mass is 9.97. The van der Waals surface area contributed by atoms with E-state index in [9.17, 15) is 4.79 Å². The van der Waals surface area contributed by atoms with Gasteiger partial charge in [-0.15, -0.1) is 11.8 Å². The van der Waals surface area contributed by atoms with Crippen LogP contribution in [-0.4, -0.2) is 5.91 Å². The number of benzene rings is 2. The molecule has 4 heteroatoms. The Hall–Kier alpha value is -1.71. The largest absolute Gasteiger partial charge is 0.325 e. The van der Waals surface area contributed by atoms with Crippen LogP contribution in [-0.2, 0) is 4.79 Å². The molecule has 22 heavy (non-hydrogen) atoms. The predicted octanol–water partition coefficient (Wildman–Crippen LogP) is 5.35. The number of carbonyl (C=O) groups is 1. The highest BCUT2D eigenvalue weighted by atomic mass is 35.5. The lowest BCUT2D eigenvalue weighted by Gasteiger charge is -2.22. The molecule has 0 spiro atoms. The van der Waals surface area contributed by atoms with Gasteiger partial charge in [0.15, 0.2) is 0 Å². The summed E-state index contributed by atoms with van der Waals surface area (Å²) in [6.45, 7) is 4.17. The summed E-state index contributed by atoms with van der Waals surface area (Å²) < 4.78 is 0. The van der Waals surface area contributed by atoms with Gasteiger partial charge >= 0.3 is 0 Å². The molecular weight excluding hydrogens is 314 g/mol. The number of nitrogens with one attached hydrogen (secondary N) is 1. The third-order valence-electron chi connectivity index (χ3n) is 3.79. The van der Waals surface area contributed by atoms with Crippen molar-refractivity contribution in [3.63, 3.8) is 0 Å². The number of amides is 1. The van der Waals surface area contributed by atoms with E-state index in [0.29, 0.717) is 5.02 Å². The summed E-state index contributed by atoms with van der Waals surface area (Å²) >= 11 is 7.40. The van der Waals surface area contributed by atoms with E-state index in [1.54, 1.807) is 12.1 Å². The van der Waals surface area contributed by atoms with Gasteiger partial charge < -0.3 is 5.32 Å². The van der Waals surface area contributed by atoms with Crippen LogP contribution in [0.3, 0.4) is 0 Å². The van der Waals surface area contributed by atoms with Gasteiger partial charge in [-0.3, -0.25) is 4.79 Å². The van der Waals surface area contributed by atoms with E-state index in [0.717, 1.165) is 16.8 Å². The van der Waals surface area contributed by atoms with Crippen molar-refractivity contribution in [2.45, 2.75) is 19.1 Å². The summed E-state index contributed by atoms with van der Waals surface area (Å²) in [5, 5.41) is 5.38. The molecule has 2 aromatic rings. The van der Waals surface area contributed by atoms with Crippen LogP contribution in [0.2, 0.25) is 5.02 Å². The summed E-state index contributed by atoms with van der Waals surface area (Å²) in [7, 11) is 0. The number of hydrogen-bond donors (Lipinski definition) is 1. The maximum absolute atomic E-state index is 12.6. The summed E-state index contributed by atoms with van der Waals surface area (Å²) in [5.41, 5.74) is 5.40. The Morgan fingerprint density at radius 1 is 1.14 bits per heavy atom. The van der Waals surface area contributed by atoms with Crippen molar-refractivity contribution in [2.24, 2.45) is 0 Å². The Morgan fingerprint density at radius 2 is 1.82 bits per heavy atom. The van der Waals surface area contributed by atoms with Crippen molar-refractivity contribution in [3.05, 3.63) is 69.1 Å². The fourth-order valence-electron chi connectivity index (χ4n) is 2.44. The number of aryl methyl sites for hydroxylation is 2. The topological polar surface area (TPSA) is 29.1 Å². The van der Waals surface area contributed by atoms with Crippen LogP contribution in [0, 0.1) is 13.8 Å². The highest BCUT2D eigenvalue weighted by Crippen LogP contribution is 2.39. The van der Waals surface area contributed by atoms with E-state index < -0.39 is 0 Å². The molecule has 0 aromatic heterocycles. The highest BCUT2D eigenvalue weighted by Gasteiger charge is 2.25. The van der Waals surface area contributed by atoms with E-state index in [1.807, 2.05) is 17.5 Å². The van der Waals surface area contributed by atoms with E-state index in [2.05, 4.69) is 37.4 Å². The van der Waals surface area contributed by atoms with Crippen molar-refractivity contribution in [1.29, 1.82) is 0 Å². The zero-order valence-electron chi connectivity index (χ0n) is 12.4. The summed E-state index contributed by atoms with van der Waals surface area (Å²) in [4.78, 5) is 12.6.